The van der Waals surface area contributed by atoms with Crippen LogP contribution >= 0.6 is 35.6 Å². The second-order valence-electron chi connectivity index (χ2n) is 5.53. The largest absolute Gasteiger partial charge is 0.478 e. The number of methoxy groups -OCH3 is 1. The zero-order chi connectivity index (χ0) is 19.6. The van der Waals surface area contributed by atoms with Crippen LogP contribution in [0.5, 0.6) is 0 Å². The number of furan rings is 1. The summed E-state index contributed by atoms with van der Waals surface area (Å²) in [6.07, 6.45) is 1.63. The lowest BCUT2D eigenvalue weighted by atomic mass is 10.1. The maximum atomic E-state index is 12.4. The lowest BCUT2D eigenvalue weighted by molar-refractivity contribution is -0.122. The summed E-state index contributed by atoms with van der Waals surface area (Å²) < 4.78 is 11.2. The molecule has 0 unspecified atom stereocenters. The van der Waals surface area contributed by atoms with E-state index in [9.17, 15) is 9.59 Å². The minimum absolute atomic E-state index is 0.0203. The van der Waals surface area contributed by atoms with Gasteiger partial charge in [0.05, 0.1) is 28.6 Å². The number of carbonyl (C=O) groups excluding carboxylic acids is 1. The van der Waals surface area contributed by atoms with Crippen molar-refractivity contribution in [1.82, 2.24) is 4.90 Å². The van der Waals surface area contributed by atoms with Gasteiger partial charge in [0, 0.05) is 18.7 Å². The summed E-state index contributed by atoms with van der Waals surface area (Å²) in [4.78, 5) is 25.4. The van der Waals surface area contributed by atoms with E-state index < -0.39 is 5.97 Å². The first-order valence-electron chi connectivity index (χ1n) is 7.78. The number of nitrogens with zero attached hydrogens (tertiary/aromatic N) is 1. The third kappa shape index (κ3) is 4.24. The Bertz CT molecular complexity index is 953. The monoisotopic (exact) mass is 423 g/mol. The van der Waals surface area contributed by atoms with Gasteiger partial charge in [-0.2, -0.15) is 0 Å². The number of ether oxygens (including phenoxy) is 1. The summed E-state index contributed by atoms with van der Waals surface area (Å²) in [5.41, 5.74) is 0.657. The zero-order valence-electron chi connectivity index (χ0n) is 14.1. The Labute approximate surface area is 169 Å². The Morgan fingerprint density at radius 3 is 2.85 bits per heavy atom. The van der Waals surface area contributed by atoms with E-state index in [2.05, 4.69) is 0 Å². The third-order valence-electron chi connectivity index (χ3n) is 3.78. The van der Waals surface area contributed by atoms with Gasteiger partial charge in [-0.05, 0) is 24.3 Å². The molecular formula is C18H14ClNO5S2. The number of halogens is 1. The van der Waals surface area contributed by atoms with E-state index in [-0.39, 0.29) is 16.5 Å². The van der Waals surface area contributed by atoms with Gasteiger partial charge in [0.15, 0.2) is 0 Å². The van der Waals surface area contributed by atoms with Gasteiger partial charge < -0.3 is 14.3 Å². The van der Waals surface area contributed by atoms with Gasteiger partial charge >= 0.3 is 5.97 Å². The molecule has 0 spiro atoms. The number of carboxylic acids is 1. The first-order valence-corrected chi connectivity index (χ1v) is 9.38. The van der Waals surface area contributed by atoms with Crippen LogP contribution in [0.4, 0.5) is 0 Å². The molecule has 0 bridgehead atoms. The smallest absolute Gasteiger partial charge is 0.337 e. The molecule has 0 saturated carbocycles. The first-order chi connectivity index (χ1) is 12.9. The van der Waals surface area contributed by atoms with Crippen LogP contribution in [0.3, 0.4) is 0 Å². The molecule has 1 fully saturated rings. The van der Waals surface area contributed by atoms with Crippen molar-refractivity contribution >= 4 is 57.9 Å². The van der Waals surface area contributed by atoms with Gasteiger partial charge in [0.25, 0.3) is 5.91 Å². The normalized spacial score (nSPS) is 15.8. The fraction of sp³-hybridized carbons (Fsp3) is 0.167. The summed E-state index contributed by atoms with van der Waals surface area (Å²) in [6.45, 7) is 0.800. The Balaban J connectivity index is 1.81. The number of hydrogen-bond donors (Lipinski definition) is 1. The second-order valence-corrected chi connectivity index (χ2v) is 7.61. The van der Waals surface area contributed by atoms with Crippen molar-refractivity contribution < 1.29 is 23.8 Å². The van der Waals surface area contributed by atoms with Crippen molar-refractivity contribution in [3.63, 3.8) is 0 Å². The molecule has 1 amide bonds. The number of rotatable bonds is 6. The number of thiocarbonyl (C=S) groups is 1. The highest BCUT2D eigenvalue weighted by molar-refractivity contribution is 8.26. The molecule has 3 rings (SSSR count). The van der Waals surface area contributed by atoms with Gasteiger partial charge in [0.2, 0.25) is 0 Å². The molecule has 9 heteroatoms. The lowest BCUT2D eigenvalue weighted by Crippen LogP contribution is -2.31. The molecule has 0 radical (unpaired) electrons. The minimum Gasteiger partial charge on any atom is -0.478 e. The molecule has 0 atom stereocenters. The van der Waals surface area contributed by atoms with Crippen LogP contribution in [0, 0.1) is 0 Å². The molecular weight excluding hydrogens is 410 g/mol. The van der Waals surface area contributed by atoms with Crippen molar-refractivity contribution in [2.75, 3.05) is 20.3 Å². The van der Waals surface area contributed by atoms with Crippen LogP contribution in [0.15, 0.2) is 39.7 Å². The molecule has 1 saturated heterocycles. The van der Waals surface area contributed by atoms with Crippen LogP contribution < -0.4 is 0 Å². The van der Waals surface area contributed by atoms with Gasteiger partial charge in [0.1, 0.15) is 15.8 Å². The Kier molecular flexibility index (Phi) is 6.01. The summed E-state index contributed by atoms with van der Waals surface area (Å²) in [7, 11) is 1.56. The van der Waals surface area contributed by atoms with Crippen molar-refractivity contribution in [3.05, 3.63) is 51.6 Å². The van der Waals surface area contributed by atoms with Gasteiger partial charge in [-0.15, -0.1) is 0 Å². The fourth-order valence-electron chi connectivity index (χ4n) is 2.43. The summed E-state index contributed by atoms with van der Waals surface area (Å²) in [6, 6.07) is 8.00. The van der Waals surface area contributed by atoms with Gasteiger partial charge in [-0.25, -0.2) is 4.79 Å². The van der Waals surface area contributed by atoms with Crippen molar-refractivity contribution in [3.8, 4) is 11.3 Å². The first kappa shape index (κ1) is 19.6. The van der Waals surface area contributed by atoms with Crippen LogP contribution in [0.2, 0.25) is 5.02 Å². The van der Waals surface area contributed by atoms with Crippen molar-refractivity contribution in [1.29, 1.82) is 0 Å². The van der Waals surface area contributed by atoms with Gasteiger partial charge in [-0.3, -0.25) is 9.69 Å². The predicted molar refractivity (Wildman–Crippen MR) is 108 cm³/mol. The van der Waals surface area contributed by atoms with E-state index in [0.717, 1.165) is 0 Å². The maximum absolute atomic E-state index is 12.4. The highest BCUT2D eigenvalue weighted by atomic mass is 35.5. The number of amides is 1. The second kappa shape index (κ2) is 8.26. The zero-order valence-corrected chi connectivity index (χ0v) is 16.5. The fourth-order valence-corrected chi connectivity index (χ4v) is 3.98. The Morgan fingerprint density at radius 2 is 2.19 bits per heavy atom. The standard InChI is InChI=1S/C18H14ClNO5S2/c1-24-7-6-20-16(21)15(27-18(20)26)9-11-3-5-14(25-11)10-2-4-12(17(22)23)13(19)8-10/h2-5,8-9H,6-7H2,1H3,(H,22,23)/b15-9+. The highest BCUT2D eigenvalue weighted by Gasteiger charge is 2.31. The van der Waals surface area contributed by atoms with Gasteiger partial charge in [-0.1, -0.05) is 41.6 Å². The van der Waals surface area contributed by atoms with Crippen LogP contribution in [0.1, 0.15) is 16.1 Å². The highest BCUT2D eigenvalue weighted by Crippen LogP contribution is 2.34. The molecule has 6 nitrogen and oxygen atoms in total. The van der Waals surface area contributed by atoms with Crippen LogP contribution in [0.25, 0.3) is 17.4 Å². The molecule has 1 N–H and O–H groups in total. The third-order valence-corrected chi connectivity index (χ3v) is 5.47. The number of carboxylic acid groups (broad SMARTS) is 1. The topological polar surface area (TPSA) is 80.0 Å². The van der Waals surface area contributed by atoms with E-state index in [4.69, 9.17) is 38.1 Å². The SMILES string of the molecule is COCCN1C(=O)/C(=C\c2ccc(-c3ccc(C(=O)O)c(Cl)c3)o2)SC1=S. The molecule has 0 aliphatic carbocycles. The number of hydrogen-bond acceptors (Lipinski definition) is 6. The van der Waals surface area contributed by atoms with Crippen LogP contribution in [-0.2, 0) is 9.53 Å². The molecule has 1 aliphatic heterocycles. The number of benzene rings is 1. The number of aromatic carboxylic acids is 1. The molecule has 140 valence electrons. The van der Waals surface area contributed by atoms with Crippen molar-refractivity contribution in [2.45, 2.75) is 0 Å². The predicted octanol–water partition coefficient (Wildman–Crippen LogP) is 4.15. The summed E-state index contributed by atoms with van der Waals surface area (Å²) >= 11 is 12.4. The van der Waals surface area contributed by atoms with Crippen LogP contribution in [-0.4, -0.2) is 46.5 Å². The molecule has 1 aliphatic rings. The van der Waals surface area contributed by atoms with E-state index in [0.29, 0.717) is 39.5 Å². The lowest BCUT2D eigenvalue weighted by Gasteiger charge is -2.12. The van der Waals surface area contributed by atoms with E-state index >= 15 is 0 Å². The Morgan fingerprint density at radius 1 is 1.41 bits per heavy atom. The van der Waals surface area contributed by atoms with E-state index in [1.807, 2.05) is 0 Å². The number of carbonyl (C=O) groups is 2. The summed E-state index contributed by atoms with van der Waals surface area (Å²) in [5.74, 6) is -0.290. The quantitative estimate of drug-likeness (QED) is 0.552. The van der Waals surface area contributed by atoms with E-state index in [1.165, 1.54) is 28.8 Å². The average Bonchev–Trinajstić information content (AvgIpc) is 3.19. The molecule has 27 heavy (non-hydrogen) atoms. The van der Waals surface area contributed by atoms with E-state index in [1.54, 1.807) is 31.4 Å². The minimum atomic E-state index is -1.10. The average molecular weight is 424 g/mol. The Hall–Kier alpha value is -2.13. The molecule has 1 aromatic heterocycles. The molecule has 2 heterocycles. The maximum Gasteiger partial charge on any atom is 0.337 e. The molecule has 1 aromatic carbocycles. The molecule has 2 aromatic rings. The van der Waals surface area contributed by atoms with Crippen molar-refractivity contribution in [2.24, 2.45) is 0 Å². The number of thioether (sulfide) groups is 1. The summed E-state index contributed by atoms with van der Waals surface area (Å²) in [5, 5.41) is 9.16.